The van der Waals surface area contributed by atoms with E-state index in [1.54, 1.807) is 7.11 Å². The molecule has 33 heavy (non-hydrogen) atoms. The number of imide groups is 1. The molecular formula is C24H18Cl2N2O5. The zero-order chi connectivity index (χ0) is 23.7. The molecule has 0 fully saturated rings. The van der Waals surface area contributed by atoms with Crippen LogP contribution in [0, 0.1) is 0 Å². The van der Waals surface area contributed by atoms with E-state index in [0.717, 1.165) is 11.3 Å². The highest BCUT2D eigenvalue weighted by atomic mass is 35.5. The van der Waals surface area contributed by atoms with Crippen molar-refractivity contribution in [2.24, 2.45) is 0 Å². The van der Waals surface area contributed by atoms with Crippen molar-refractivity contribution in [2.45, 2.75) is 6.42 Å². The van der Waals surface area contributed by atoms with Crippen LogP contribution in [-0.2, 0) is 6.42 Å². The summed E-state index contributed by atoms with van der Waals surface area (Å²) in [6.45, 7) is 0.213. The van der Waals surface area contributed by atoms with Gasteiger partial charge in [-0.15, -0.1) is 0 Å². The first-order valence-electron chi connectivity index (χ1n) is 9.91. The number of hydrogen-bond acceptors (Lipinski definition) is 5. The van der Waals surface area contributed by atoms with Gasteiger partial charge in [0.2, 0.25) is 0 Å². The van der Waals surface area contributed by atoms with Gasteiger partial charge in [0.15, 0.2) is 5.75 Å². The van der Waals surface area contributed by atoms with Crippen LogP contribution in [0.15, 0.2) is 54.6 Å². The minimum Gasteiger partial charge on any atom is -0.505 e. The molecule has 1 heterocycles. The molecule has 2 N–H and O–H groups in total. The van der Waals surface area contributed by atoms with Gasteiger partial charge < -0.3 is 15.2 Å². The van der Waals surface area contributed by atoms with Crippen molar-refractivity contribution >= 4 is 46.6 Å². The number of phenols is 1. The smallest absolute Gasteiger partial charge is 0.261 e. The van der Waals surface area contributed by atoms with Gasteiger partial charge >= 0.3 is 0 Å². The predicted octanol–water partition coefficient (Wildman–Crippen LogP) is 4.80. The van der Waals surface area contributed by atoms with Gasteiger partial charge in [0.05, 0.1) is 28.3 Å². The summed E-state index contributed by atoms with van der Waals surface area (Å²) in [7, 11) is 1.58. The number of fused-ring (bicyclic) bond motifs is 1. The molecule has 0 spiro atoms. The van der Waals surface area contributed by atoms with Crippen molar-refractivity contribution < 1.29 is 24.2 Å². The molecule has 1 aliphatic rings. The summed E-state index contributed by atoms with van der Waals surface area (Å²) in [6, 6.07) is 14.4. The van der Waals surface area contributed by atoms with Crippen LogP contribution in [0.4, 0.5) is 5.69 Å². The fourth-order valence-electron chi connectivity index (χ4n) is 3.51. The lowest BCUT2D eigenvalue weighted by Gasteiger charge is -2.13. The maximum Gasteiger partial charge on any atom is 0.261 e. The van der Waals surface area contributed by atoms with Gasteiger partial charge in [-0.25, -0.2) is 0 Å². The van der Waals surface area contributed by atoms with Crippen LogP contribution >= 0.6 is 23.2 Å². The van der Waals surface area contributed by atoms with Crippen LogP contribution in [0.5, 0.6) is 11.5 Å². The SMILES string of the molecule is COc1ccc(CCN2C(=O)c3ccc(C(=O)Nc4cc(Cl)c(O)c(Cl)c4)cc3C2=O)cc1. The quantitative estimate of drug-likeness (QED) is 0.387. The number of halogens is 2. The minimum atomic E-state index is -0.521. The Hall–Kier alpha value is -3.55. The molecule has 0 radical (unpaired) electrons. The van der Waals surface area contributed by atoms with E-state index in [1.165, 1.54) is 35.2 Å². The number of carbonyl (C=O) groups is 3. The number of ether oxygens (including phenoxy) is 1. The third-order valence-electron chi connectivity index (χ3n) is 5.29. The molecule has 7 nitrogen and oxygen atoms in total. The molecule has 9 heteroatoms. The van der Waals surface area contributed by atoms with Crippen molar-refractivity contribution in [3.8, 4) is 11.5 Å². The first-order valence-corrected chi connectivity index (χ1v) is 10.7. The molecule has 3 amide bonds. The van der Waals surface area contributed by atoms with Crippen molar-refractivity contribution in [3.63, 3.8) is 0 Å². The molecule has 1 aliphatic heterocycles. The second-order valence-corrected chi connectivity index (χ2v) is 8.18. The monoisotopic (exact) mass is 484 g/mol. The zero-order valence-corrected chi connectivity index (χ0v) is 18.9. The Labute approximate surface area is 199 Å². The van der Waals surface area contributed by atoms with E-state index < -0.39 is 17.7 Å². The summed E-state index contributed by atoms with van der Waals surface area (Å²) in [5.41, 5.74) is 1.84. The largest absolute Gasteiger partial charge is 0.505 e. The van der Waals surface area contributed by atoms with Crippen molar-refractivity contribution in [2.75, 3.05) is 19.0 Å². The van der Waals surface area contributed by atoms with Crippen LogP contribution < -0.4 is 10.1 Å². The van der Waals surface area contributed by atoms with Crippen LogP contribution in [0.1, 0.15) is 36.6 Å². The van der Waals surface area contributed by atoms with Crippen LogP contribution in [-0.4, -0.2) is 41.4 Å². The molecule has 0 aromatic heterocycles. The average molecular weight is 485 g/mol. The molecule has 0 unspecified atom stereocenters. The number of methoxy groups -OCH3 is 1. The van der Waals surface area contributed by atoms with Crippen LogP contribution in [0.3, 0.4) is 0 Å². The molecular weight excluding hydrogens is 467 g/mol. The fraction of sp³-hybridized carbons (Fsp3) is 0.125. The Morgan fingerprint density at radius 1 is 0.970 bits per heavy atom. The lowest BCUT2D eigenvalue weighted by atomic mass is 10.1. The van der Waals surface area contributed by atoms with E-state index in [0.29, 0.717) is 6.42 Å². The molecule has 168 valence electrons. The van der Waals surface area contributed by atoms with Gasteiger partial charge in [-0.05, 0) is 54.4 Å². The maximum atomic E-state index is 12.9. The normalized spacial score (nSPS) is 12.6. The number of nitrogens with one attached hydrogen (secondary N) is 1. The van der Waals surface area contributed by atoms with Crippen molar-refractivity contribution in [1.82, 2.24) is 4.90 Å². The summed E-state index contributed by atoms with van der Waals surface area (Å²) < 4.78 is 5.13. The van der Waals surface area contributed by atoms with Crippen LogP contribution in [0.2, 0.25) is 10.0 Å². The molecule has 0 saturated heterocycles. The molecule has 3 aromatic carbocycles. The van der Waals surface area contributed by atoms with Gasteiger partial charge in [-0.1, -0.05) is 35.3 Å². The molecule has 3 aromatic rings. The highest BCUT2D eigenvalue weighted by molar-refractivity contribution is 6.37. The van der Waals surface area contributed by atoms with Crippen molar-refractivity contribution in [3.05, 3.63) is 86.9 Å². The lowest BCUT2D eigenvalue weighted by Crippen LogP contribution is -2.31. The Morgan fingerprint density at radius 3 is 2.24 bits per heavy atom. The zero-order valence-electron chi connectivity index (χ0n) is 17.4. The third-order valence-corrected chi connectivity index (χ3v) is 5.87. The van der Waals surface area contributed by atoms with E-state index in [2.05, 4.69) is 5.32 Å². The molecule has 0 bridgehead atoms. The summed E-state index contributed by atoms with van der Waals surface area (Å²) >= 11 is 11.8. The number of rotatable bonds is 6. The van der Waals surface area contributed by atoms with E-state index >= 15 is 0 Å². The summed E-state index contributed by atoms with van der Waals surface area (Å²) in [5, 5.41) is 12.2. The van der Waals surface area contributed by atoms with Gasteiger partial charge in [0, 0.05) is 17.8 Å². The topological polar surface area (TPSA) is 95.9 Å². The predicted molar refractivity (Wildman–Crippen MR) is 125 cm³/mol. The number of aromatic hydroxyl groups is 1. The van der Waals surface area contributed by atoms with E-state index in [1.807, 2.05) is 24.3 Å². The number of amides is 3. The molecule has 4 rings (SSSR count). The minimum absolute atomic E-state index is 0.0139. The van der Waals surface area contributed by atoms with E-state index in [4.69, 9.17) is 27.9 Å². The van der Waals surface area contributed by atoms with Crippen molar-refractivity contribution in [1.29, 1.82) is 0 Å². The molecule has 0 aliphatic carbocycles. The number of anilines is 1. The molecule has 0 saturated carbocycles. The standard InChI is InChI=1S/C24H18Cl2N2O5/c1-33-16-5-2-13(3-6-16)8-9-28-23(31)17-7-4-14(10-18(17)24(28)32)22(30)27-15-11-19(25)21(29)20(26)12-15/h2-7,10-12,29H,8-9H2,1H3,(H,27,30). The Balaban J connectivity index is 1.49. The third kappa shape index (κ3) is 4.51. The van der Waals surface area contributed by atoms with Crippen LogP contribution in [0.25, 0.3) is 0 Å². The summed E-state index contributed by atoms with van der Waals surface area (Å²) in [4.78, 5) is 39.5. The Bertz CT molecular complexity index is 1250. The number of phenolic OH excluding ortho intramolecular Hbond substituents is 1. The van der Waals surface area contributed by atoms with Gasteiger partial charge in [-0.2, -0.15) is 0 Å². The first kappa shape index (κ1) is 22.6. The van der Waals surface area contributed by atoms with E-state index in [9.17, 15) is 19.5 Å². The van der Waals surface area contributed by atoms with Gasteiger partial charge in [0.25, 0.3) is 17.7 Å². The first-order chi connectivity index (χ1) is 15.8. The fourth-order valence-corrected chi connectivity index (χ4v) is 4.00. The number of nitrogens with zero attached hydrogens (tertiary/aromatic N) is 1. The number of benzene rings is 3. The highest BCUT2D eigenvalue weighted by Gasteiger charge is 2.35. The number of carbonyl (C=O) groups excluding carboxylic acids is 3. The summed E-state index contributed by atoms with van der Waals surface area (Å²) in [6.07, 6.45) is 0.491. The number of hydrogen-bond donors (Lipinski definition) is 2. The molecule has 0 atom stereocenters. The lowest BCUT2D eigenvalue weighted by molar-refractivity contribution is 0.0656. The second-order valence-electron chi connectivity index (χ2n) is 7.36. The Morgan fingerprint density at radius 2 is 1.61 bits per heavy atom. The Kier molecular flexibility index (Phi) is 6.26. The second kappa shape index (κ2) is 9.13. The van der Waals surface area contributed by atoms with Gasteiger partial charge in [0.1, 0.15) is 5.75 Å². The maximum absolute atomic E-state index is 12.9. The van der Waals surface area contributed by atoms with E-state index in [-0.39, 0.29) is 44.7 Å². The average Bonchev–Trinajstić information content (AvgIpc) is 3.05. The summed E-state index contributed by atoms with van der Waals surface area (Å²) in [5.74, 6) is -0.927. The highest BCUT2D eigenvalue weighted by Crippen LogP contribution is 2.35. The van der Waals surface area contributed by atoms with Gasteiger partial charge in [-0.3, -0.25) is 19.3 Å².